The second-order valence-corrected chi connectivity index (χ2v) is 4.62. The molecule has 7 heteroatoms. The Morgan fingerprint density at radius 1 is 1.30 bits per heavy atom. The number of hydrogen-bond donors (Lipinski definition) is 1. The molecule has 2 N–H and O–H groups in total. The molecule has 0 unspecified atom stereocenters. The van der Waals surface area contributed by atoms with Gasteiger partial charge in [-0.1, -0.05) is 6.07 Å². The lowest BCUT2D eigenvalue weighted by Gasteiger charge is -2.39. The van der Waals surface area contributed by atoms with Crippen molar-refractivity contribution in [2.45, 2.75) is 11.1 Å². The molecule has 0 saturated heterocycles. The first-order valence-electron chi connectivity index (χ1n) is 5.87. The normalized spacial score (nSPS) is 25.3. The van der Waals surface area contributed by atoms with Crippen LogP contribution in [0.5, 0.6) is 0 Å². The van der Waals surface area contributed by atoms with Gasteiger partial charge in [0.25, 0.3) is 0 Å². The summed E-state index contributed by atoms with van der Waals surface area (Å²) >= 11 is 0. The molecule has 0 aromatic heterocycles. The quantitative estimate of drug-likeness (QED) is 0.860. The van der Waals surface area contributed by atoms with Crippen LogP contribution in [0.15, 0.2) is 23.2 Å². The minimum atomic E-state index is -2.01. The number of benzene rings is 1. The molecule has 0 spiro atoms. The molecule has 20 heavy (non-hydrogen) atoms. The summed E-state index contributed by atoms with van der Waals surface area (Å²) < 4.78 is 58.1. The Balaban J connectivity index is 2.50. The number of nitrogens with zero attached hydrogens (tertiary/aromatic N) is 1. The van der Waals surface area contributed by atoms with Gasteiger partial charge in [-0.2, -0.15) is 0 Å². The molecule has 1 heterocycles. The van der Waals surface area contributed by atoms with Gasteiger partial charge in [-0.25, -0.2) is 17.6 Å². The predicted octanol–water partition coefficient (Wildman–Crippen LogP) is 1.86. The highest BCUT2D eigenvalue weighted by Crippen LogP contribution is 2.35. The van der Waals surface area contributed by atoms with E-state index in [2.05, 4.69) is 11.1 Å². The van der Waals surface area contributed by atoms with Crippen molar-refractivity contribution >= 4 is 5.84 Å². The smallest absolute Gasteiger partial charge is 0.181 e. The molecule has 0 amide bonds. The van der Waals surface area contributed by atoms with E-state index in [0.29, 0.717) is 0 Å². The minimum absolute atomic E-state index is 0.114. The van der Waals surface area contributed by atoms with Crippen molar-refractivity contribution in [3.05, 3.63) is 35.6 Å². The van der Waals surface area contributed by atoms with Crippen LogP contribution in [0.4, 0.5) is 17.6 Å². The van der Waals surface area contributed by atoms with Gasteiger partial charge in [0.15, 0.2) is 5.60 Å². The standard InChI is InChI=1S/C13H13F4N2O/c14-5-12(9-3-1-2-4-10(9)17)8-20-13(6-15,7-16)11(18)19-12/h2-4H,5-8H2,(H2,18,19)/t12-/m0/s1. The SMILES string of the molecule is NC1=N[C@](CF)(c2c[c]ccc2F)COC1(CF)CF. The van der Waals surface area contributed by atoms with Crippen LogP contribution in [-0.2, 0) is 10.3 Å². The first kappa shape index (κ1) is 14.8. The highest BCUT2D eigenvalue weighted by molar-refractivity contribution is 5.90. The zero-order chi connectivity index (χ0) is 14.8. The van der Waals surface area contributed by atoms with E-state index in [-0.39, 0.29) is 5.56 Å². The average molecular weight is 289 g/mol. The van der Waals surface area contributed by atoms with E-state index in [1.165, 1.54) is 12.1 Å². The van der Waals surface area contributed by atoms with Gasteiger partial charge >= 0.3 is 0 Å². The van der Waals surface area contributed by atoms with Crippen LogP contribution in [0.3, 0.4) is 0 Å². The molecule has 1 aliphatic heterocycles. The third-order valence-corrected chi connectivity index (χ3v) is 3.35. The number of aliphatic imine (C=N–C) groups is 1. The molecule has 0 fully saturated rings. The molecule has 1 aromatic carbocycles. The maximum Gasteiger partial charge on any atom is 0.181 e. The van der Waals surface area contributed by atoms with E-state index in [4.69, 9.17) is 10.5 Å². The number of rotatable bonds is 4. The molecule has 1 atom stereocenters. The monoisotopic (exact) mass is 289 g/mol. The topological polar surface area (TPSA) is 47.6 Å². The van der Waals surface area contributed by atoms with Gasteiger partial charge < -0.3 is 10.5 Å². The van der Waals surface area contributed by atoms with Crippen molar-refractivity contribution in [3.8, 4) is 0 Å². The second kappa shape index (κ2) is 5.40. The number of alkyl halides is 3. The molecule has 0 bridgehead atoms. The van der Waals surface area contributed by atoms with E-state index in [0.717, 1.165) is 6.07 Å². The van der Waals surface area contributed by atoms with E-state index >= 15 is 0 Å². The van der Waals surface area contributed by atoms with E-state index in [1.54, 1.807) is 0 Å². The van der Waals surface area contributed by atoms with Crippen molar-refractivity contribution < 1.29 is 22.3 Å². The second-order valence-electron chi connectivity index (χ2n) is 4.62. The van der Waals surface area contributed by atoms with Crippen LogP contribution in [0.1, 0.15) is 5.56 Å². The number of halogens is 4. The lowest BCUT2D eigenvalue weighted by molar-refractivity contribution is -0.0644. The Labute approximate surface area is 113 Å². The average Bonchev–Trinajstić information content (AvgIpc) is 2.48. The first-order valence-corrected chi connectivity index (χ1v) is 5.87. The fourth-order valence-corrected chi connectivity index (χ4v) is 1.99. The molecule has 0 aliphatic carbocycles. The van der Waals surface area contributed by atoms with Crippen LogP contribution in [0, 0.1) is 11.9 Å². The summed E-state index contributed by atoms with van der Waals surface area (Å²) in [5.41, 5.74) is 1.66. The van der Waals surface area contributed by atoms with Gasteiger partial charge in [0, 0.05) is 5.56 Å². The zero-order valence-corrected chi connectivity index (χ0v) is 10.5. The van der Waals surface area contributed by atoms with Gasteiger partial charge in [-0.05, 0) is 18.2 Å². The molecule has 1 aromatic rings. The van der Waals surface area contributed by atoms with Gasteiger partial charge in [0.1, 0.15) is 37.2 Å². The molecular weight excluding hydrogens is 276 g/mol. The Hall–Kier alpha value is -1.63. The number of nitrogens with two attached hydrogens (primary N) is 1. The summed E-state index contributed by atoms with van der Waals surface area (Å²) in [7, 11) is 0. The number of amidine groups is 1. The first-order chi connectivity index (χ1) is 9.53. The fraction of sp³-hybridized carbons (Fsp3) is 0.462. The van der Waals surface area contributed by atoms with Crippen molar-refractivity contribution in [2.75, 3.05) is 26.6 Å². The van der Waals surface area contributed by atoms with Gasteiger partial charge in [-0.15, -0.1) is 0 Å². The van der Waals surface area contributed by atoms with Crippen molar-refractivity contribution in [1.29, 1.82) is 0 Å². The third kappa shape index (κ3) is 2.15. The van der Waals surface area contributed by atoms with E-state index < -0.39 is 49.4 Å². The van der Waals surface area contributed by atoms with Gasteiger partial charge in [0.2, 0.25) is 0 Å². The van der Waals surface area contributed by atoms with Gasteiger partial charge in [0.05, 0.1) is 6.61 Å². The van der Waals surface area contributed by atoms with Crippen LogP contribution >= 0.6 is 0 Å². The Morgan fingerprint density at radius 3 is 2.50 bits per heavy atom. The molecule has 2 rings (SSSR count). The molecular formula is C13H13F4N2O. The molecule has 3 nitrogen and oxygen atoms in total. The van der Waals surface area contributed by atoms with Crippen molar-refractivity contribution in [2.24, 2.45) is 10.7 Å². The number of hydrogen-bond acceptors (Lipinski definition) is 3. The van der Waals surface area contributed by atoms with Crippen LogP contribution in [0.2, 0.25) is 0 Å². The zero-order valence-electron chi connectivity index (χ0n) is 10.5. The summed E-state index contributed by atoms with van der Waals surface area (Å²) in [6, 6.07) is 6.22. The summed E-state index contributed by atoms with van der Waals surface area (Å²) in [4.78, 5) is 3.81. The lowest BCUT2D eigenvalue weighted by atomic mass is 9.89. The lowest BCUT2D eigenvalue weighted by Crippen LogP contribution is -2.58. The molecule has 1 radical (unpaired) electrons. The Kier molecular flexibility index (Phi) is 3.99. The van der Waals surface area contributed by atoms with E-state index in [9.17, 15) is 17.6 Å². The number of ether oxygens (including phenoxy) is 1. The van der Waals surface area contributed by atoms with E-state index in [1.807, 2.05) is 0 Å². The van der Waals surface area contributed by atoms with Crippen LogP contribution in [-0.4, -0.2) is 38.1 Å². The van der Waals surface area contributed by atoms with Crippen molar-refractivity contribution in [1.82, 2.24) is 0 Å². The van der Waals surface area contributed by atoms with Crippen molar-refractivity contribution in [3.63, 3.8) is 0 Å². The Morgan fingerprint density at radius 2 is 2.00 bits per heavy atom. The Bertz CT molecular complexity index is 519. The molecule has 0 saturated carbocycles. The summed E-state index contributed by atoms with van der Waals surface area (Å²) in [6.07, 6.45) is 0. The predicted molar refractivity (Wildman–Crippen MR) is 65.1 cm³/mol. The summed E-state index contributed by atoms with van der Waals surface area (Å²) in [6.45, 7) is -4.08. The molecule has 1 aliphatic rings. The van der Waals surface area contributed by atoms with Crippen LogP contribution < -0.4 is 5.73 Å². The third-order valence-electron chi connectivity index (χ3n) is 3.35. The molecule has 109 valence electrons. The maximum absolute atomic E-state index is 13.8. The largest absolute Gasteiger partial charge is 0.385 e. The fourth-order valence-electron chi connectivity index (χ4n) is 1.99. The summed E-state index contributed by atoms with van der Waals surface area (Å²) in [5.74, 6) is -1.23. The highest BCUT2D eigenvalue weighted by Gasteiger charge is 2.48. The maximum atomic E-state index is 13.8. The van der Waals surface area contributed by atoms with Gasteiger partial charge in [-0.3, -0.25) is 4.99 Å². The summed E-state index contributed by atoms with van der Waals surface area (Å²) in [5, 5.41) is 0. The highest BCUT2D eigenvalue weighted by atomic mass is 19.1. The minimum Gasteiger partial charge on any atom is -0.385 e. The van der Waals surface area contributed by atoms with Crippen LogP contribution in [0.25, 0.3) is 0 Å².